The standard InChI is InChI=1S/C22H23N3O4S/c1-29-19-9-7-17(8-10-19)20-14-21(23-22(26)13-16-5-3-2-4-6-16)25(24-20)18-11-12-30(27,28)15-18/h2-10,14,18H,11-13,15H2,1H3,(H,23,26)/t18-/m1/s1. The van der Waals surface area contributed by atoms with E-state index in [0.29, 0.717) is 17.9 Å². The van der Waals surface area contributed by atoms with Crippen LogP contribution in [0.5, 0.6) is 5.75 Å². The minimum atomic E-state index is -3.09. The Labute approximate surface area is 175 Å². The van der Waals surface area contributed by atoms with Crippen molar-refractivity contribution in [3.63, 3.8) is 0 Å². The zero-order chi connectivity index (χ0) is 21.1. The smallest absolute Gasteiger partial charge is 0.229 e. The van der Waals surface area contributed by atoms with Crippen LogP contribution in [-0.4, -0.2) is 42.7 Å². The molecule has 2 heterocycles. The average Bonchev–Trinajstić information content (AvgIpc) is 3.31. The normalized spacial score (nSPS) is 17.6. The quantitative estimate of drug-likeness (QED) is 0.655. The molecule has 2 aromatic carbocycles. The number of hydrogen-bond donors (Lipinski definition) is 1. The van der Waals surface area contributed by atoms with Crippen LogP contribution in [0, 0.1) is 0 Å². The Hall–Kier alpha value is -3.13. The van der Waals surface area contributed by atoms with E-state index in [1.807, 2.05) is 54.6 Å². The minimum Gasteiger partial charge on any atom is -0.497 e. The predicted octanol–water partition coefficient (Wildman–Crippen LogP) is 3.10. The molecule has 1 aliphatic rings. The third kappa shape index (κ3) is 4.54. The van der Waals surface area contributed by atoms with Gasteiger partial charge in [0.1, 0.15) is 11.6 Å². The summed E-state index contributed by atoms with van der Waals surface area (Å²) in [5, 5.41) is 7.56. The van der Waals surface area contributed by atoms with Crippen molar-refractivity contribution in [2.24, 2.45) is 0 Å². The zero-order valence-electron chi connectivity index (χ0n) is 16.6. The van der Waals surface area contributed by atoms with Gasteiger partial charge >= 0.3 is 0 Å². The van der Waals surface area contributed by atoms with Gasteiger partial charge in [0.25, 0.3) is 0 Å². The van der Waals surface area contributed by atoms with Crippen LogP contribution in [0.15, 0.2) is 60.7 Å². The maximum atomic E-state index is 12.6. The molecule has 1 aliphatic heterocycles. The number of nitrogens with zero attached hydrogens (tertiary/aromatic N) is 2. The van der Waals surface area contributed by atoms with E-state index in [0.717, 1.165) is 16.9 Å². The van der Waals surface area contributed by atoms with E-state index < -0.39 is 9.84 Å². The largest absolute Gasteiger partial charge is 0.497 e. The molecular weight excluding hydrogens is 402 g/mol. The number of ether oxygens (including phenoxy) is 1. The fourth-order valence-electron chi connectivity index (χ4n) is 3.61. The summed E-state index contributed by atoms with van der Waals surface area (Å²) in [6.45, 7) is 0. The van der Waals surface area contributed by atoms with Gasteiger partial charge in [-0.05, 0) is 36.2 Å². The summed E-state index contributed by atoms with van der Waals surface area (Å²) in [6, 6.07) is 18.4. The lowest BCUT2D eigenvalue weighted by Gasteiger charge is -2.13. The van der Waals surface area contributed by atoms with Crippen molar-refractivity contribution in [2.75, 3.05) is 23.9 Å². The third-order valence-electron chi connectivity index (χ3n) is 5.15. The summed E-state index contributed by atoms with van der Waals surface area (Å²) in [5.74, 6) is 1.22. The van der Waals surface area contributed by atoms with Gasteiger partial charge in [0.05, 0.1) is 36.8 Å². The fraction of sp³-hybridized carbons (Fsp3) is 0.273. The highest BCUT2D eigenvalue weighted by molar-refractivity contribution is 7.91. The zero-order valence-corrected chi connectivity index (χ0v) is 17.4. The molecule has 7 nitrogen and oxygen atoms in total. The molecule has 0 bridgehead atoms. The van der Waals surface area contributed by atoms with Crippen LogP contribution in [0.3, 0.4) is 0 Å². The highest BCUT2D eigenvalue weighted by Gasteiger charge is 2.31. The van der Waals surface area contributed by atoms with Crippen molar-refractivity contribution >= 4 is 21.6 Å². The Morgan fingerprint density at radius 1 is 1.17 bits per heavy atom. The van der Waals surface area contributed by atoms with E-state index in [2.05, 4.69) is 10.4 Å². The number of amides is 1. The van der Waals surface area contributed by atoms with E-state index in [1.165, 1.54) is 0 Å². The molecule has 1 amide bonds. The molecular formula is C22H23N3O4S. The Morgan fingerprint density at radius 3 is 2.53 bits per heavy atom. The molecule has 0 radical (unpaired) electrons. The van der Waals surface area contributed by atoms with Gasteiger partial charge in [-0.1, -0.05) is 30.3 Å². The van der Waals surface area contributed by atoms with Gasteiger partial charge in [-0.3, -0.25) is 4.79 Å². The van der Waals surface area contributed by atoms with E-state index >= 15 is 0 Å². The predicted molar refractivity (Wildman–Crippen MR) is 115 cm³/mol. The fourth-order valence-corrected chi connectivity index (χ4v) is 5.30. The molecule has 1 aromatic heterocycles. The maximum Gasteiger partial charge on any atom is 0.229 e. The van der Waals surface area contributed by atoms with E-state index in [1.54, 1.807) is 17.9 Å². The number of carbonyl (C=O) groups excluding carboxylic acids is 1. The molecule has 1 N–H and O–H groups in total. The minimum absolute atomic E-state index is 0.0261. The van der Waals surface area contributed by atoms with Crippen LogP contribution in [0.25, 0.3) is 11.3 Å². The third-order valence-corrected chi connectivity index (χ3v) is 6.90. The molecule has 4 rings (SSSR count). The molecule has 1 saturated heterocycles. The molecule has 1 atom stereocenters. The summed E-state index contributed by atoms with van der Waals surface area (Å²) in [4.78, 5) is 12.6. The number of rotatable bonds is 6. The van der Waals surface area contributed by atoms with Crippen molar-refractivity contribution in [1.29, 1.82) is 0 Å². The lowest BCUT2D eigenvalue weighted by Crippen LogP contribution is -2.20. The monoisotopic (exact) mass is 425 g/mol. The molecule has 0 spiro atoms. The molecule has 8 heteroatoms. The van der Waals surface area contributed by atoms with Gasteiger partial charge in [0.2, 0.25) is 5.91 Å². The Bertz CT molecular complexity index is 1140. The van der Waals surface area contributed by atoms with Crippen LogP contribution in [-0.2, 0) is 21.1 Å². The van der Waals surface area contributed by atoms with Crippen LogP contribution in [0.4, 0.5) is 5.82 Å². The van der Waals surface area contributed by atoms with Crippen molar-refractivity contribution < 1.29 is 17.9 Å². The second kappa shape index (κ2) is 8.31. The summed E-state index contributed by atoms with van der Waals surface area (Å²) >= 11 is 0. The van der Waals surface area contributed by atoms with E-state index in [-0.39, 0.29) is 29.9 Å². The lowest BCUT2D eigenvalue weighted by atomic mass is 10.1. The first-order chi connectivity index (χ1) is 14.4. The number of anilines is 1. The first-order valence-electron chi connectivity index (χ1n) is 9.72. The van der Waals surface area contributed by atoms with Gasteiger partial charge < -0.3 is 10.1 Å². The van der Waals surface area contributed by atoms with Gasteiger partial charge in [-0.15, -0.1) is 0 Å². The Kier molecular flexibility index (Phi) is 5.59. The first kappa shape index (κ1) is 20.2. The molecule has 0 aliphatic carbocycles. The SMILES string of the molecule is COc1ccc(-c2cc(NC(=O)Cc3ccccc3)n([C@@H]3CCS(=O)(=O)C3)n2)cc1. The summed E-state index contributed by atoms with van der Waals surface area (Å²) in [7, 11) is -1.49. The number of carbonyl (C=O) groups is 1. The number of sulfone groups is 1. The van der Waals surface area contributed by atoms with Gasteiger partial charge in [-0.2, -0.15) is 5.10 Å². The van der Waals surface area contributed by atoms with Crippen molar-refractivity contribution in [1.82, 2.24) is 9.78 Å². The average molecular weight is 426 g/mol. The van der Waals surface area contributed by atoms with Gasteiger partial charge in [0.15, 0.2) is 9.84 Å². The van der Waals surface area contributed by atoms with E-state index in [9.17, 15) is 13.2 Å². The Balaban J connectivity index is 1.62. The van der Waals surface area contributed by atoms with Gasteiger partial charge in [0, 0.05) is 11.6 Å². The second-order valence-electron chi connectivity index (χ2n) is 7.36. The lowest BCUT2D eigenvalue weighted by molar-refractivity contribution is -0.115. The number of hydrogen-bond acceptors (Lipinski definition) is 5. The topological polar surface area (TPSA) is 90.3 Å². The van der Waals surface area contributed by atoms with Crippen LogP contribution in [0.2, 0.25) is 0 Å². The number of aromatic nitrogens is 2. The highest BCUT2D eigenvalue weighted by Crippen LogP contribution is 2.31. The second-order valence-corrected chi connectivity index (χ2v) is 9.58. The Morgan fingerprint density at radius 2 is 1.90 bits per heavy atom. The molecule has 156 valence electrons. The first-order valence-corrected chi connectivity index (χ1v) is 11.5. The summed E-state index contributed by atoms with van der Waals surface area (Å²) in [6.07, 6.45) is 0.709. The van der Waals surface area contributed by atoms with Crippen molar-refractivity contribution in [2.45, 2.75) is 18.9 Å². The van der Waals surface area contributed by atoms with Crippen molar-refractivity contribution in [3.05, 3.63) is 66.2 Å². The molecule has 30 heavy (non-hydrogen) atoms. The molecule has 0 saturated carbocycles. The summed E-state index contributed by atoms with van der Waals surface area (Å²) < 4.78 is 30.8. The van der Waals surface area contributed by atoms with Gasteiger partial charge in [-0.25, -0.2) is 13.1 Å². The number of methoxy groups -OCH3 is 1. The number of benzene rings is 2. The van der Waals surface area contributed by atoms with Crippen LogP contribution in [0.1, 0.15) is 18.0 Å². The van der Waals surface area contributed by atoms with Crippen LogP contribution < -0.4 is 10.1 Å². The highest BCUT2D eigenvalue weighted by atomic mass is 32.2. The maximum absolute atomic E-state index is 12.6. The molecule has 0 unspecified atom stereocenters. The molecule has 1 fully saturated rings. The molecule has 3 aromatic rings. The van der Waals surface area contributed by atoms with Crippen LogP contribution >= 0.6 is 0 Å². The van der Waals surface area contributed by atoms with Crippen molar-refractivity contribution in [3.8, 4) is 17.0 Å². The van der Waals surface area contributed by atoms with E-state index in [4.69, 9.17) is 4.74 Å². The summed E-state index contributed by atoms with van der Waals surface area (Å²) in [5.41, 5.74) is 2.42. The number of nitrogens with one attached hydrogen (secondary N) is 1.